The summed E-state index contributed by atoms with van der Waals surface area (Å²) in [7, 11) is 0. The van der Waals surface area contributed by atoms with Crippen LogP contribution in [0.4, 0.5) is 0 Å². The molecule has 0 aliphatic heterocycles. The van der Waals surface area contributed by atoms with Gasteiger partial charge in [-0.25, -0.2) is 4.79 Å². The minimum absolute atomic E-state index is 0.105. The van der Waals surface area contributed by atoms with E-state index in [1.165, 1.54) is 0 Å². The molecule has 4 heteroatoms. The highest BCUT2D eigenvalue weighted by Crippen LogP contribution is 2.32. The van der Waals surface area contributed by atoms with Crippen LogP contribution in [0.3, 0.4) is 0 Å². The molecular formula is C16H24O4. The second kappa shape index (κ2) is 6.86. The first-order valence-corrected chi connectivity index (χ1v) is 6.94. The normalized spacial score (nSPS) is 13.2. The highest BCUT2D eigenvalue weighted by atomic mass is 16.4. The van der Waals surface area contributed by atoms with E-state index in [2.05, 4.69) is 0 Å². The second-order valence-electron chi connectivity index (χ2n) is 6.09. The summed E-state index contributed by atoms with van der Waals surface area (Å²) in [6.45, 7) is 6.21. The first-order valence-electron chi connectivity index (χ1n) is 6.94. The standard InChI is InChI=1S/C16H24O4/c1-16(2,3)13-8-7-11(15(19)20)10-12(13)14(18)6-4-5-9-17/h7-8,10,14,17-18H,4-6,9H2,1-3H3,(H,19,20). The van der Waals surface area contributed by atoms with Gasteiger partial charge in [0.15, 0.2) is 0 Å². The zero-order valence-corrected chi connectivity index (χ0v) is 12.4. The summed E-state index contributed by atoms with van der Waals surface area (Å²) in [5, 5.41) is 28.2. The number of carbonyl (C=O) groups is 1. The zero-order chi connectivity index (χ0) is 15.3. The highest BCUT2D eigenvalue weighted by Gasteiger charge is 2.23. The molecule has 1 rings (SSSR count). The van der Waals surface area contributed by atoms with Crippen LogP contribution < -0.4 is 0 Å². The Kier molecular flexibility index (Phi) is 5.72. The Morgan fingerprint density at radius 1 is 1.25 bits per heavy atom. The number of carboxylic acids is 1. The lowest BCUT2D eigenvalue weighted by atomic mass is 9.81. The predicted molar refractivity (Wildman–Crippen MR) is 78.0 cm³/mol. The van der Waals surface area contributed by atoms with Crippen LogP contribution in [-0.4, -0.2) is 27.9 Å². The van der Waals surface area contributed by atoms with Gasteiger partial charge in [0, 0.05) is 6.61 Å². The van der Waals surface area contributed by atoms with E-state index < -0.39 is 12.1 Å². The van der Waals surface area contributed by atoms with E-state index in [0.717, 1.165) is 5.56 Å². The van der Waals surface area contributed by atoms with Crippen LogP contribution in [0.5, 0.6) is 0 Å². The van der Waals surface area contributed by atoms with Crippen LogP contribution in [-0.2, 0) is 5.41 Å². The summed E-state index contributed by atoms with van der Waals surface area (Å²) in [4.78, 5) is 11.1. The Balaban J connectivity index is 3.11. The van der Waals surface area contributed by atoms with Gasteiger partial charge in [-0.05, 0) is 47.9 Å². The molecular weight excluding hydrogens is 256 g/mol. The van der Waals surface area contributed by atoms with E-state index in [9.17, 15) is 9.90 Å². The van der Waals surface area contributed by atoms with Crippen LogP contribution in [0.1, 0.15) is 67.6 Å². The van der Waals surface area contributed by atoms with Crippen molar-refractivity contribution in [1.82, 2.24) is 0 Å². The Morgan fingerprint density at radius 2 is 1.90 bits per heavy atom. The summed E-state index contributed by atoms with van der Waals surface area (Å²) < 4.78 is 0. The molecule has 0 spiro atoms. The summed E-state index contributed by atoms with van der Waals surface area (Å²) in [5.74, 6) is -0.991. The van der Waals surface area contributed by atoms with Gasteiger partial charge < -0.3 is 15.3 Å². The van der Waals surface area contributed by atoms with E-state index in [0.29, 0.717) is 24.8 Å². The Morgan fingerprint density at radius 3 is 2.40 bits per heavy atom. The van der Waals surface area contributed by atoms with Crippen LogP contribution in [0, 0.1) is 0 Å². The average Bonchev–Trinajstić information content (AvgIpc) is 2.37. The van der Waals surface area contributed by atoms with Gasteiger partial charge in [-0.2, -0.15) is 0 Å². The SMILES string of the molecule is CC(C)(C)c1ccc(C(=O)O)cc1C(O)CCCCO. The molecule has 0 radical (unpaired) electrons. The van der Waals surface area contributed by atoms with Crippen molar-refractivity contribution in [2.24, 2.45) is 0 Å². The van der Waals surface area contributed by atoms with Crippen LogP contribution >= 0.6 is 0 Å². The third-order valence-electron chi connectivity index (χ3n) is 3.35. The summed E-state index contributed by atoms with van der Waals surface area (Å²) in [6, 6.07) is 4.92. The average molecular weight is 280 g/mol. The zero-order valence-electron chi connectivity index (χ0n) is 12.4. The topological polar surface area (TPSA) is 77.8 Å². The maximum absolute atomic E-state index is 11.1. The monoisotopic (exact) mass is 280 g/mol. The van der Waals surface area contributed by atoms with E-state index in [4.69, 9.17) is 10.2 Å². The molecule has 1 aromatic carbocycles. The van der Waals surface area contributed by atoms with Gasteiger partial charge in [0.05, 0.1) is 11.7 Å². The number of aliphatic hydroxyl groups is 2. The number of unbranched alkanes of at least 4 members (excludes halogenated alkanes) is 1. The molecule has 0 amide bonds. The fourth-order valence-corrected chi connectivity index (χ4v) is 2.26. The van der Waals surface area contributed by atoms with Gasteiger partial charge >= 0.3 is 5.97 Å². The number of carboxylic acid groups (broad SMARTS) is 1. The lowest BCUT2D eigenvalue weighted by Gasteiger charge is -2.26. The van der Waals surface area contributed by atoms with E-state index in [-0.39, 0.29) is 17.6 Å². The third kappa shape index (κ3) is 4.32. The van der Waals surface area contributed by atoms with Crippen molar-refractivity contribution in [3.05, 3.63) is 34.9 Å². The Labute approximate surface area is 120 Å². The molecule has 4 nitrogen and oxygen atoms in total. The molecule has 3 N–H and O–H groups in total. The molecule has 0 aromatic heterocycles. The number of aromatic carboxylic acids is 1. The minimum atomic E-state index is -0.991. The number of hydrogen-bond acceptors (Lipinski definition) is 3. The number of rotatable bonds is 6. The summed E-state index contributed by atoms with van der Waals surface area (Å²) in [5.41, 5.74) is 1.66. The molecule has 0 saturated carbocycles. The van der Waals surface area contributed by atoms with Crippen molar-refractivity contribution in [2.45, 2.75) is 51.6 Å². The fraction of sp³-hybridized carbons (Fsp3) is 0.562. The van der Waals surface area contributed by atoms with Crippen molar-refractivity contribution in [3.63, 3.8) is 0 Å². The maximum Gasteiger partial charge on any atom is 0.335 e. The van der Waals surface area contributed by atoms with Crippen molar-refractivity contribution in [3.8, 4) is 0 Å². The highest BCUT2D eigenvalue weighted by molar-refractivity contribution is 5.88. The summed E-state index contributed by atoms with van der Waals surface area (Å²) >= 11 is 0. The quantitative estimate of drug-likeness (QED) is 0.700. The van der Waals surface area contributed by atoms with E-state index in [1.54, 1.807) is 18.2 Å². The van der Waals surface area contributed by atoms with Gasteiger partial charge in [0.25, 0.3) is 0 Å². The van der Waals surface area contributed by atoms with Crippen LogP contribution in [0.15, 0.2) is 18.2 Å². The first-order chi connectivity index (χ1) is 9.27. The van der Waals surface area contributed by atoms with Crippen molar-refractivity contribution < 1.29 is 20.1 Å². The second-order valence-corrected chi connectivity index (χ2v) is 6.09. The van der Waals surface area contributed by atoms with Gasteiger partial charge in [0.1, 0.15) is 0 Å². The third-order valence-corrected chi connectivity index (χ3v) is 3.35. The number of hydrogen-bond donors (Lipinski definition) is 3. The largest absolute Gasteiger partial charge is 0.478 e. The molecule has 1 atom stereocenters. The molecule has 1 aromatic rings. The molecule has 0 aliphatic rings. The molecule has 0 saturated heterocycles. The molecule has 0 fully saturated rings. The van der Waals surface area contributed by atoms with Crippen molar-refractivity contribution >= 4 is 5.97 Å². The van der Waals surface area contributed by atoms with E-state index >= 15 is 0 Å². The molecule has 0 heterocycles. The smallest absolute Gasteiger partial charge is 0.335 e. The van der Waals surface area contributed by atoms with E-state index in [1.807, 2.05) is 20.8 Å². The van der Waals surface area contributed by atoms with Crippen LogP contribution in [0.25, 0.3) is 0 Å². The van der Waals surface area contributed by atoms with Gasteiger partial charge in [-0.3, -0.25) is 0 Å². The molecule has 20 heavy (non-hydrogen) atoms. The van der Waals surface area contributed by atoms with Crippen molar-refractivity contribution in [2.75, 3.05) is 6.61 Å². The molecule has 0 aliphatic carbocycles. The molecule has 112 valence electrons. The van der Waals surface area contributed by atoms with Crippen LogP contribution in [0.2, 0.25) is 0 Å². The maximum atomic E-state index is 11.1. The van der Waals surface area contributed by atoms with Gasteiger partial charge in [0.2, 0.25) is 0 Å². The summed E-state index contributed by atoms with van der Waals surface area (Å²) in [6.07, 6.45) is 1.17. The Bertz CT molecular complexity index is 460. The Hall–Kier alpha value is -1.39. The lowest BCUT2D eigenvalue weighted by Crippen LogP contribution is -2.17. The molecule has 1 unspecified atom stereocenters. The first kappa shape index (κ1) is 16.7. The van der Waals surface area contributed by atoms with Crippen molar-refractivity contribution in [1.29, 1.82) is 0 Å². The van der Waals surface area contributed by atoms with Gasteiger partial charge in [-0.15, -0.1) is 0 Å². The number of aliphatic hydroxyl groups excluding tert-OH is 2. The number of benzene rings is 1. The lowest BCUT2D eigenvalue weighted by molar-refractivity contribution is 0.0696. The fourth-order valence-electron chi connectivity index (χ4n) is 2.26. The van der Waals surface area contributed by atoms with Gasteiger partial charge in [-0.1, -0.05) is 26.8 Å². The predicted octanol–water partition coefficient (Wildman–Crippen LogP) is 2.88. The molecule has 0 bridgehead atoms. The minimum Gasteiger partial charge on any atom is -0.478 e.